The van der Waals surface area contributed by atoms with Gasteiger partial charge < -0.3 is 9.47 Å². The summed E-state index contributed by atoms with van der Waals surface area (Å²) < 4.78 is 10.8. The van der Waals surface area contributed by atoms with E-state index in [0.717, 1.165) is 23.7 Å². The number of ether oxygens (including phenoxy) is 2. The van der Waals surface area contributed by atoms with Crippen LogP contribution in [-0.2, 0) is 22.0 Å². The van der Waals surface area contributed by atoms with E-state index in [2.05, 4.69) is 4.98 Å². The normalized spacial score (nSPS) is 21.6. The molecule has 0 N–H and O–H groups in total. The third kappa shape index (κ3) is 2.67. The Morgan fingerprint density at radius 2 is 2.64 bits per heavy atom. The molecule has 2 heterocycles. The van der Waals surface area contributed by atoms with E-state index >= 15 is 0 Å². The van der Waals surface area contributed by atoms with Crippen LogP contribution in [0.25, 0.3) is 0 Å². The van der Waals surface area contributed by atoms with Crippen LogP contribution >= 0.6 is 22.9 Å². The van der Waals surface area contributed by atoms with E-state index in [1.54, 1.807) is 11.3 Å². The first-order valence-electron chi connectivity index (χ1n) is 4.57. The molecule has 1 aliphatic rings. The summed E-state index contributed by atoms with van der Waals surface area (Å²) in [6.07, 6.45) is 1.24. The predicted octanol–water partition coefficient (Wildman–Crippen LogP) is 2.19. The molecule has 1 atom stereocenters. The lowest BCUT2D eigenvalue weighted by Gasteiger charge is -2.06. The number of hydrogen-bond acceptors (Lipinski definition) is 4. The van der Waals surface area contributed by atoms with Gasteiger partial charge >= 0.3 is 0 Å². The number of aromatic nitrogens is 1. The molecule has 1 aromatic rings. The Labute approximate surface area is 92.0 Å². The minimum absolute atomic E-state index is 0.248. The van der Waals surface area contributed by atoms with Crippen LogP contribution in [0.1, 0.15) is 17.1 Å². The van der Waals surface area contributed by atoms with Gasteiger partial charge in [-0.15, -0.1) is 22.9 Å². The van der Waals surface area contributed by atoms with Gasteiger partial charge in [-0.3, -0.25) is 0 Å². The number of nitrogens with zero attached hydrogens (tertiary/aromatic N) is 1. The quantitative estimate of drug-likeness (QED) is 0.748. The van der Waals surface area contributed by atoms with E-state index < -0.39 is 0 Å². The van der Waals surface area contributed by atoms with Crippen LogP contribution in [0.5, 0.6) is 0 Å². The van der Waals surface area contributed by atoms with Crippen LogP contribution in [0, 0.1) is 0 Å². The molecular weight excluding hydrogens is 222 g/mol. The maximum atomic E-state index is 5.65. The van der Waals surface area contributed by atoms with Gasteiger partial charge in [0.1, 0.15) is 5.01 Å². The monoisotopic (exact) mass is 233 g/mol. The second kappa shape index (κ2) is 5.07. The molecule has 5 heteroatoms. The lowest BCUT2D eigenvalue weighted by molar-refractivity contribution is 0.0316. The number of alkyl halides is 1. The fourth-order valence-corrected chi connectivity index (χ4v) is 2.25. The molecule has 1 saturated heterocycles. The van der Waals surface area contributed by atoms with Gasteiger partial charge in [0, 0.05) is 12.0 Å². The van der Waals surface area contributed by atoms with Crippen LogP contribution in [-0.4, -0.2) is 24.3 Å². The Kier molecular flexibility index (Phi) is 3.75. The van der Waals surface area contributed by atoms with E-state index in [9.17, 15) is 0 Å². The van der Waals surface area contributed by atoms with E-state index in [4.69, 9.17) is 21.1 Å². The van der Waals surface area contributed by atoms with Crippen molar-refractivity contribution in [2.75, 3.05) is 13.2 Å². The number of thiazole rings is 1. The first kappa shape index (κ1) is 10.4. The van der Waals surface area contributed by atoms with Crippen molar-refractivity contribution in [2.45, 2.75) is 25.0 Å². The maximum absolute atomic E-state index is 5.65. The van der Waals surface area contributed by atoms with Crippen molar-refractivity contribution in [1.82, 2.24) is 4.98 Å². The predicted molar refractivity (Wildman–Crippen MR) is 55.7 cm³/mol. The zero-order valence-electron chi connectivity index (χ0n) is 7.74. The maximum Gasteiger partial charge on any atom is 0.119 e. The average molecular weight is 234 g/mol. The van der Waals surface area contributed by atoms with Crippen molar-refractivity contribution in [2.24, 2.45) is 0 Å². The van der Waals surface area contributed by atoms with Gasteiger partial charge in [-0.1, -0.05) is 0 Å². The Bertz CT molecular complexity index is 286. The van der Waals surface area contributed by atoms with Crippen LogP contribution in [0.4, 0.5) is 0 Å². The molecule has 1 unspecified atom stereocenters. The molecular formula is C9H12ClNO2S. The summed E-state index contributed by atoms with van der Waals surface area (Å²) in [5, 5.41) is 2.96. The number of rotatable bonds is 4. The summed E-state index contributed by atoms with van der Waals surface area (Å²) in [5.74, 6) is 0.475. The zero-order chi connectivity index (χ0) is 9.80. The molecule has 78 valence electrons. The molecule has 1 aliphatic heterocycles. The lowest BCUT2D eigenvalue weighted by atomic mass is 10.3. The molecule has 0 radical (unpaired) electrons. The van der Waals surface area contributed by atoms with Crippen molar-refractivity contribution in [3.05, 3.63) is 16.1 Å². The SMILES string of the molecule is ClCc1csc(COC2CCOC2)n1. The number of halogens is 1. The molecule has 2 rings (SSSR count). The molecule has 1 fully saturated rings. The van der Waals surface area contributed by atoms with Crippen LogP contribution in [0.3, 0.4) is 0 Å². The highest BCUT2D eigenvalue weighted by Gasteiger charge is 2.16. The largest absolute Gasteiger partial charge is 0.379 e. The van der Waals surface area contributed by atoms with Gasteiger partial charge in [0.15, 0.2) is 0 Å². The van der Waals surface area contributed by atoms with Crippen molar-refractivity contribution >= 4 is 22.9 Å². The summed E-state index contributed by atoms with van der Waals surface area (Å²) in [5.41, 5.74) is 0.929. The summed E-state index contributed by atoms with van der Waals surface area (Å²) >= 11 is 7.25. The van der Waals surface area contributed by atoms with Gasteiger partial charge in [-0.25, -0.2) is 4.98 Å². The third-order valence-corrected chi connectivity index (χ3v) is 3.21. The molecule has 3 nitrogen and oxygen atoms in total. The lowest BCUT2D eigenvalue weighted by Crippen LogP contribution is -2.11. The summed E-state index contributed by atoms with van der Waals surface area (Å²) in [6.45, 7) is 2.11. The molecule has 0 aliphatic carbocycles. The Morgan fingerprint density at radius 3 is 3.29 bits per heavy atom. The standard InChI is InChI=1S/C9H12ClNO2S/c10-3-7-6-14-9(11-7)5-13-8-1-2-12-4-8/h6,8H,1-5H2. The first-order chi connectivity index (χ1) is 6.88. The summed E-state index contributed by atoms with van der Waals surface area (Å²) in [6, 6.07) is 0. The molecule has 0 amide bonds. The smallest absolute Gasteiger partial charge is 0.119 e. The van der Waals surface area contributed by atoms with Gasteiger partial charge in [0.2, 0.25) is 0 Å². The average Bonchev–Trinajstić information content (AvgIpc) is 2.86. The second-order valence-corrected chi connectivity index (χ2v) is 4.37. The Morgan fingerprint density at radius 1 is 1.71 bits per heavy atom. The molecule has 14 heavy (non-hydrogen) atoms. The van der Waals surface area contributed by atoms with Crippen LogP contribution < -0.4 is 0 Å². The fraction of sp³-hybridized carbons (Fsp3) is 0.667. The summed E-state index contributed by atoms with van der Waals surface area (Å²) in [4.78, 5) is 4.31. The minimum Gasteiger partial charge on any atom is -0.379 e. The van der Waals surface area contributed by atoms with Crippen molar-refractivity contribution in [1.29, 1.82) is 0 Å². The number of hydrogen-bond donors (Lipinski definition) is 0. The van der Waals surface area contributed by atoms with Gasteiger partial charge in [-0.05, 0) is 6.42 Å². The molecule has 0 bridgehead atoms. The third-order valence-electron chi connectivity index (χ3n) is 2.07. The van der Waals surface area contributed by atoms with Gasteiger partial charge in [-0.2, -0.15) is 0 Å². The van der Waals surface area contributed by atoms with Crippen LogP contribution in [0.15, 0.2) is 5.38 Å². The highest BCUT2D eigenvalue weighted by Crippen LogP contribution is 2.15. The van der Waals surface area contributed by atoms with E-state index in [1.165, 1.54) is 0 Å². The molecule has 1 aromatic heterocycles. The fourth-order valence-electron chi connectivity index (χ4n) is 1.31. The van der Waals surface area contributed by atoms with Crippen molar-refractivity contribution in [3.8, 4) is 0 Å². The van der Waals surface area contributed by atoms with Gasteiger partial charge in [0.05, 0.1) is 30.9 Å². The topological polar surface area (TPSA) is 31.4 Å². The molecule has 0 spiro atoms. The van der Waals surface area contributed by atoms with Crippen molar-refractivity contribution in [3.63, 3.8) is 0 Å². The highest BCUT2D eigenvalue weighted by molar-refractivity contribution is 7.09. The van der Waals surface area contributed by atoms with E-state index in [1.807, 2.05) is 5.38 Å². The molecule has 0 aromatic carbocycles. The Balaban J connectivity index is 1.79. The molecule has 0 saturated carbocycles. The first-order valence-corrected chi connectivity index (χ1v) is 5.98. The van der Waals surface area contributed by atoms with Crippen molar-refractivity contribution < 1.29 is 9.47 Å². The second-order valence-electron chi connectivity index (χ2n) is 3.16. The van der Waals surface area contributed by atoms with Gasteiger partial charge in [0.25, 0.3) is 0 Å². The van der Waals surface area contributed by atoms with Crippen LogP contribution in [0.2, 0.25) is 0 Å². The summed E-state index contributed by atoms with van der Waals surface area (Å²) in [7, 11) is 0. The van der Waals surface area contributed by atoms with E-state index in [-0.39, 0.29) is 6.10 Å². The van der Waals surface area contributed by atoms with E-state index in [0.29, 0.717) is 19.1 Å². The highest BCUT2D eigenvalue weighted by atomic mass is 35.5. The zero-order valence-corrected chi connectivity index (χ0v) is 9.31. The minimum atomic E-state index is 0.248. The Hall–Kier alpha value is -0.160.